The molecule has 0 radical (unpaired) electrons. The molecule has 1 heterocycles. The number of aromatic nitrogens is 2. The minimum Gasteiger partial charge on any atom is -0.464 e. The number of benzene rings is 1. The van der Waals surface area contributed by atoms with E-state index in [4.69, 9.17) is 11.6 Å². The van der Waals surface area contributed by atoms with Gasteiger partial charge in [0.05, 0.1) is 17.9 Å². The molecule has 2 rings (SSSR count). The van der Waals surface area contributed by atoms with Crippen molar-refractivity contribution in [1.29, 1.82) is 0 Å². The second kappa shape index (κ2) is 7.96. The van der Waals surface area contributed by atoms with E-state index in [9.17, 15) is 17.6 Å². The van der Waals surface area contributed by atoms with Crippen LogP contribution in [0.4, 0.5) is 10.2 Å². The van der Waals surface area contributed by atoms with E-state index in [0.29, 0.717) is 5.56 Å². The van der Waals surface area contributed by atoms with E-state index in [1.807, 2.05) is 0 Å². The smallest absolute Gasteiger partial charge is 0.360 e. The number of carbonyl (C=O) groups is 1. The summed E-state index contributed by atoms with van der Waals surface area (Å²) in [5, 5.41) is 0.0389. The summed E-state index contributed by atoms with van der Waals surface area (Å²) in [6.07, 6.45) is 2.49. The van der Waals surface area contributed by atoms with E-state index in [1.54, 1.807) is 13.8 Å². The standard InChI is InChI=1S/C16H17ClFN3O4S/c1-4-21(15-14(16(22)25-3)19-7-8-20-15)26(23,24)9-11-12(18)6-5-10(2)13(11)17/h5-8H,4,9H2,1-3H3. The molecule has 0 N–H and O–H groups in total. The van der Waals surface area contributed by atoms with E-state index in [0.717, 1.165) is 17.5 Å². The van der Waals surface area contributed by atoms with Gasteiger partial charge in [0.15, 0.2) is 11.5 Å². The lowest BCUT2D eigenvalue weighted by Crippen LogP contribution is -2.34. The Kier molecular flexibility index (Phi) is 6.14. The number of esters is 1. The van der Waals surface area contributed by atoms with Gasteiger partial charge in [-0.15, -0.1) is 0 Å². The average Bonchev–Trinajstić information content (AvgIpc) is 2.62. The number of anilines is 1. The Balaban J connectivity index is 2.51. The summed E-state index contributed by atoms with van der Waals surface area (Å²) in [6.45, 7) is 3.16. The zero-order chi connectivity index (χ0) is 19.5. The molecule has 0 aliphatic rings. The van der Waals surface area contributed by atoms with Crippen molar-refractivity contribution in [2.45, 2.75) is 19.6 Å². The van der Waals surface area contributed by atoms with Crippen molar-refractivity contribution in [2.24, 2.45) is 0 Å². The van der Waals surface area contributed by atoms with Crippen LogP contribution in [0.1, 0.15) is 28.5 Å². The number of nitrogens with zero attached hydrogens (tertiary/aromatic N) is 3. The van der Waals surface area contributed by atoms with E-state index >= 15 is 0 Å². The molecule has 0 amide bonds. The van der Waals surface area contributed by atoms with Gasteiger partial charge in [0.25, 0.3) is 0 Å². The van der Waals surface area contributed by atoms with Gasteiger partial charge in [0.2, 0.25) is 10.0 Å². The summed E-state index contributed by atoms with van der Waals surface area (Å²) >= 11 is 6.08. The SMILES string of the molecule is CCN(c1nccnc1C(=O)OC)S(=O)(=O)Cc1c(F)ccc(C)c1Cl. The topological polar surface area (TPSA) is 89.5 Å². The number of rotatable bonds is 6. The first-order valence-corrected chi connectivity index (χ1v) is 9.54. The molecule has 0 aliphatic heterocycles. The van der Waals surface area contributed by atoms with Crippen molar-refractivity contribution in [3.05, 3.63) is 52.2 Å². The van der Waals surface area contributed by atoms with Crippen molar-refractivity contribution in [2.75, 3.05) is 18.0 Å². The highest BCUT2D eigenvalue weighted by atomic mass is 35.5. The summed E-state index contributed by atoms with van der Waals surface area (Å²) in [7, 11) is -2.96. The third-order valence-corrected chi connectivity index (χ3v) is 5.91. The number of sulfonamides is 1. The lowest BCUT2D eigenvalue weighted by molar-refractivity contribution is 0.0594. The number of carbonyl (C=O) groups excluding carboxylic acids is 1. The van der Waals surface area contributed by atoms with Gasteiger partial charge in [0, 0.05) is 24.5 Å². The zero-order valence-electron chi connectivity index (χ0n) is 14.4. The monoisotopic (exact) mass is 401 g/mol. The highest BCUT2D eigenvalue weighted by Gasteiger charge is 2.30. The first-order chi connectivity index (χ1) is 12.2. The number of hydrogen-bond donors (Lipinski definition) is 0. The summed E-state index contributed by atoms with van der Waals surface area (Å²) in [5.41, 5.74) is 0.154. The van der Waals surface area contributed by atoms with Crippen molar-refractivity contribution in [1.82, 2.24) is 9.97 Å². The van der Waals surface area contributed by atoms with Crippen LogP contribution in [-0.2, 0) is 20.5 Å². The summed E-state index contributed by atoms with van der Waals surface area (Å²) in [6, 6.07) is 2.62. The average molecular weight is 402 g/mol. The Morgan fingerprint density at radius 2 is 1.96 bits per heavy atom. The zero-order valence-corrected chi connectivity index (χ0v) is 15.9. The molecular weight excluding hydrogens is 385 g/mol. The molecule has 0 saturated heterocycles. The molecule has 0 spiro atoms. The molecule has 7 nitrogen and oxygen atoms in total. The number of methoxy groups -OCH3 is 1. The molecular formula is C16H17ClFN3O4S. The van der Waals surface area contributed by atoms with Crippen LogP contribution in [0.3, 0.4) is 0 Å². The van der Waals surface area contributed by atoms with Crippen molar-refractivity contribution in [3.63, 3.8) is 0 Å². The Morgan fingerprint density at radius 3 is 2.58 bits per heavy atom. The molecule has 26 heavy (non-hydrogen) atoms. The summed E-state index contributed by atoms with van der Waals surface area (Å²) in [5.74, 6) is -2.44. The van der Waals surface area contributed by atoms with E-state index < -0.39 is 27.6 Å². The maximum atomic E-state index is 14.1. The fraction of sp³-hybridized carbons (Fsp3) is 0.312. The van der Waals surface area contributed by atoms with Crippen LogP contribution < -0.4 is 4.31 Å². The molecule has 0 unspecified atom stereocenters. The first kappa shape index (κ1) is 20.1. The molecule has 10 heteroatoms. The first-order valence-electron chi connectivity index (χ1n) is 7.56. The van der Waals surface area contributed by atoms with Crippen LogP contribution >= 0.6 is 11.6 Å². The van der Waals surface area contributed by atoms with Crippen molar-refractivity contribution in [3.8, 4) is 0 Å². The van der Waals surface area contributed by atoms with Gasteiger partial charge in [-0.3, -0.25) is 4.31 Å². The predicted molar refractivity (Wildman–Crippen MR) is 95.2 cm³/mol. The molecule has 2 aromatic rings. The minimum absolute atomic E-state index is 0.0389. The Labute approximate surface area is 155 Å². The van der Waals surface area contributed by atoms with Gasteiger partial charge >= 0.3 is 5.97 Å². The summed E-state index contributed by atoms with van der Waals surface area (Å²) < 4.78 is 45.4. The third kappa shape index (κ3) is 3.94. The van der Waals surface area contributed by atoms with Crippen molar-refractivity contribution >= 4 is 33.4 Å². The lowest BCUT2D eigenvalue weighted by Gasteiger charge is -2.23. The van der Waals surface area contributed by atoms with Crippen LogP contribution in [0.25, 0.3) is 0 Å². The number of ether oxygens (including phenoxy) is 1. The molecule has 0 fully saturated rings. The highest BCUT2D eigenvalue weighted by Crippen LogP contribution is 2.28. The highest BCUT2D eigenvalue weighted by molar-refractivity contribution is 7.92. The molecule has 0 aliphatic carbocycles. The van der Waals surface area contributed by atoms with Crippen LogP contribution in [0, 0.1) is 12.7 Å². The molecule has 0 saturated carbocycles. The van der Waals surface area contributed by atoms with Gasteiger partial charge in [0.1, 0.15) is 5.82 Å². The maximum absolute atomic E-state index is 14.1. The quantitative estimate of drug-likeness (QED) is 0.691. The van der Waals surface area contributed by atoms with Crippen LogP contribution in [0.2, 0.25) is 5.02 Å². The van der Waals surface area contributed by atoms with Crippen LogP contribution in [0.15, 0.2) is 24.5 Å². The van der Waals surface area contributed by atoms with Crippen LogP contribution in [0.5, 0.6) is 0 Å². The molecule has 140 valence electrons. The Bertz CT molecular complexity index is 937. The fourth-order valence-electron chi connectivity index (χ4n) is 2.34. The molecule has 1 aromatic heterocycles. The molecule has 1 aromatic carbocycles. The maximum Gasteiger partial charge on any atom is 0.360 e. The fourth-order valence-corrected chi connectivity index (χ4v) is 4.23. The third-order valence-electron chi connectivity index (χ3n) is 3.62. The summed E-state index contributed by atoms with van der Waals surface area (Å²) in [4.78, 5) is 19.7. The van der Waals surface area contributed by atoms with E-state index in [1.165, 1.54) is 18.5 Å². The van der Waals surface area contributed by atoms with Gasteiger partial charge in [-0.05, 0) is 25.5 Å². The van der Waals surface area contributed by atoms with Gasteiger partial charge in [-0.2, -0.15) is 0 Å². The normalized spacial score (nSPS) is 11.3. The second-order valence-corrected chi connectivity index (χ2v) is 7.57. The number of aryl methyl sites for hydroxylation is 1. The van der Waals surface area contributed by atoms with E-state index in [2.05, 4.69) is 14.7 Å². The Hall–Kier alpha value is -2.26. The Morgan fingerprint density at radius 1 is 1.31 bits per heavy atom. The van der Waals surface area contributed by atoms with Gasteiger partial charge in [-0.1, -0.05) is 17.7 Å². The molecule has 0 atom stereocenters. The second-order valence-electron chi connectivity index (χ2n) is 5.30. The van der Waals surface area contributed by atoms with Crippen molar-refractivity contribution < 1.29 is 22.3 Å². The van der Waals surface area contributed by atoms with Crippen LogP contribution in [-0.4, -0.2) is 38.0 Å². The van der Waals surface area contributed by atoms with Gasteiger partial charge in [-0.25, -0.2) is 27.6 Å². The number of halogens is 2. The molecule has 0 bridgehead atoms. The predicted octanol–water partition coefficient (Wildman–Crippen LogP) is 2.72. The van der Waals surface area contributed by atoms with E-state index in [-0.39, 0.29) is 28.6 Å². The largest absolute Gasteiger partial charge is 0.464 e. The minimum atomic E-state index is -4.11. The lowest BCUT2D eigenvalue weighted by atomic mass is 10.1. The van der Waals surface area contributed by atoms with Gasteiger partial charge < -0.3 is 4.74 Å². The number of hydrogen-bond acceptors (Lipinski definition) is 6.